The molecule has 1 fully saturated rings. The van der Waals surface area contributed by atoms with Crippen LogP contribution in [0.5, 0.6) is 0 Å². The average molecular weight is 580 g/mol. The van der Waals surface area contributed by atoms with Crippen molar-refractivity contribution in [3.63, 3.8) is 0 Å². The second-order valence-electron chi connectivity index (χ2n) is 11.7. The second-order valence-corrected chi connectivity index (χ2v) is 11.7. The van der Waals surface area contributed by atoms with Gasteiger partial charge in [-0.25, -0.2) is 10.4 Å². The van der Waals surface area contributed by atoms with E-state index in [1.807, 2.05) is 50.3 Å². The first-order chi connectivity index (χ1) is 19.9. The van der Waals surface area contributed by atoms with Gasteiger partial charge in [-0.2, -0.15) is 0 Å². The third kappa shape index (κ3) is 6.96. The van der Waals surface area contributed by atoms with E-state index in [0.717, 1.165) is 10.9 Å². The summed E-state index contributed by atoms with van der Waals surface area (Å²) in [7, 11) is 1.51. The molecule has 11 nitrogen and oxygen atoms in total. The minimum absolute atomic E-state index is 0.0807. The number of hydrogen-bond acceptors (Lipinski definition) is 8. The van der Waals surface area contributed by atoms with Crippen molar-refractivity contribution < 1.29 is 28.7 Å². The van der Waals surface area contributed by atoms with Crippen LogP contribution < -0.4 is 16.1 Å². The van der Waals surface area contributed by atoms with Crippen molar-refractivity contribution in [3.05, 3.63) is 47.7 Å². The van der Waals surface area contributed by atoms with Gasteiger partial charge in [0.2, 0.25) is 11.8 Å². The number of benzene rings is 1. The molecule has 11 heteroatoms. The molecular formula is C31H41N5O6. The highest BCUT2D eigenvalue weighted by molar-refractivity contribution is 5.94. The predicted molar refractivity (Wildman–Crippen MR) is 158 cm³/mol. The van der Waals surface area contributed by atoms with Crippen molar-refractivity contribution in [1.82, 2.24) is 26.1 Å². The number of amides is 3. The molecule has 5 atom stereocenters. The number of nitrogens with zero attached hydrogens (tertiary/aromatic N) is 2. The van der Waals surface area contributed by atoms with Gasteiger partial charge in [0.1, 0.15) is 24.2 Å². The summed E-state index contributed by atoms with van der Waals surface area (Å²) in [5, 5.41) is 7.88. The van der Waals surface area contributed by atoms with Crippen molar-refractivity contribution >= 4 is 40.7 Å². The summed E-state index contributed by atoms with van der Waals surface area (Å²) in [5.74, 6) is -2.01. The standard InChI is InChI=1S/C31H41N5O6/c1-18(2)26-27(37)32-19(3)28(38)36-15-7-8-24(35-36)29(39)42-20(4)23-12-11-22-10-9-21(16-25(22)33-23)13-14-31(5,17-41-6)30(40)34-26/h9-14,16,18-20,24,26,35H,7-8,15,17H2,1-6H3,(H,32,37)(H,34,40)/t19-,20+,24-,26-,31+/m0/s1. The molecule has 0 unspecified atom stereocenters. The number of fused-ring (bicyclic) bond motifs is 4. The first kappa shape index (κ1) is 31.1. The molecule has 226 valence electrons. The van der Waals surface area contributed by atoms with Crippen LogP contribution >= 0.6 is 0 Å². The van der Waals surface area contributed by atoms with Crippen LogP contribution in [-0.4, -0.2) is 72.1 Å². The van der Waals surface area contributed by atoms with Gasteiger partial charge >= 0.3 is 5.97 Å². The average Bonchev–Trinajstić information content (AvgIpc) is 2.97. The molecule has 2 aliphatic heterocycles. The molecule has 1 aromatic heterocycles. The molecule has 3 amide bonds. The topological polar surface area (TPSA) is 139 Å². The van der Waals surface area contributed by atoms with Crippen LogP contribution in [-0.2, 0) is 28.7 Å². The van der Waals surface area contributed by atoms with E-state index in [9.17, 15) is 19.2 Å². The number of ether oxygens (including phenoxy) is 2. The first-order valence-electron chi connectivity index (χ1n) is 14.4. The van der Waals surface area contributed by atoms with Crippen LogP contribution in [0, 0.1) is 11.3 Å². The van der Waals surface area contributed by atoms with E-state index < -0.39 is 47.4 Å². The Morgan fingerprint density at radius 1 is 1.12 bits per heavy atom. The summed E-state index contributed by atoms with van der Waals surface area (Å²) >= 11 is 0. The number of cyclic esters (lactones) is 1. The maximum Gasteiger partial charge on any atom is 0.325 e. The molecular weight excluding hydrogens is 538 g/mol. The minimum atomic E-state index is -1.10. The van der Waals surface area contributed by atoms with Crippen LogP contribution in [0.25, 0.3) is 17.0 Å². The summed E-state index contributed by atoms with van der Waals surface area (Å²) in [6.07, 6.45) is 4.04. The minimum Gasteiger partial charge on any atom is -0.455 e. The van der Waals surface area contributed by atoms with Gasteiger partial charge in [-0.05, 0) is 57.2 Å². The highest BCUT2D eigenvalue weighted by atomic mass is 16.5. The molecule has 3 heterocycles. The number of hydrazine groups is 1. The Morgan fingerprint density at radius 3 is 2.57 bits per heavy atom. The van der Waals surface area contributed by atoms with Crippen molar-refractivity contribution in [2.24, 2.45) is 11.3 Å². The van der Waals surface area contributed by atoms with E-state index in [-0.39, 0.29) is 18.4 Å². The van der Waals surface area contributed by atoms with E-state index in [4.69, 9.17) is 14.5 Å². The van der Waals surface area contributed by atoms with Crippen molar-refractivity contribution in [1.29, 1.82) is 0 Å². The zero-order valence-electron chi connectivity index (χ0n) is 25.1. The monoisotopic (exact) mass is 579 g/mol. The molecule has 2 aromatic rings. The van der Waals surface area contributed by atoms with Gasteiger partial charge in [0, 0.05) is 19.0 Å². The molecule has 0 radical (unpaired) electrons. The lowest BCUT2D eigenvalue weighted by Crippen LogP contribution is -2.61. The number of carbonyl (C=O) groups excluding carboxylic acids is 4. The third-order valence-corrected chi connectivity index (χ3v) is 7.76. The number of pyridine rings is 1. The highest BCUT2D eigenvalue weighted by Crippen LogP contribution is 2.25. The summed E-state index contributed by atoms with van der Waals surface area (Å²) < 4.78 is 11.2. The first-order valence-corrected chi connectivity index (χ1v) is 14.4. The smallest absolute Gasteiger partial charge is 0.325 e. The van der Waals surface area contributed by atoms with Crippen molar-refractivity contribution in [2.75, 3.05) is 20.3 Å². The zero-order valence-corrected chi connectivity index (χ0v) is 25.1. The zero-order chi connectivity index (χ0) is 30.6. The van der Waals surface area contributed by atoms with Gasteiger partial charge in [0.15, 0.2) is 0 Å². The Labute approximate surface area is 246 Å². The van der Waals surface area contributed by atoms with Gasteiger partial charge in [0.25, 0.3) is 5.91 Å². The number of rotatable bonds is 3. The predicted octanol–water partition coefficient (Wildman–Crippen LogP) is 2.66. The lowest BCUT2D eigenvalue weighted by molar-refractivity contribution is -0.157. The SMILES string of the molecule is COC[C@@]1(C)C=Cc2ccc3ccc(nc3c2)[C@@H](C)OC(=O)[C@@H]2CCCN(N2)C(=O)[C@H](C)NC(=O)[C@H](C(C)C)NC1=O. The fraction of sp³-hybridized carbons (Fsp3) is 0.516. The summed E-state index contributed by atoms with van der Waals surface area (Å²) in [6.45, 7) is 9.17. The maximum absolute atomic E-state index is 13.6. The van der Waals surface area contributed by atoms with Crippen LogP contribution in [0.2, 0.25) is 0 Å². The van der Waals surface area contributed by atoms with E-state index in [2.05, 4.69) is 16.1 Å². The fourth-order valence-electron chi connectivity index (χ4n) is 5.12. The quantitative estimate of drug-likeness (QED) is 0.472. The second kappa shape index (κ2) is 13.0. The molecule has 1 aromatic carbocycles. The number of esters is 1. The van der Waals surface area contributed by atoms with E-state index in [1.54, 1.807) is 26.8 Å². The van der Waals surface area contributed by atoms with Crippen molar-refractivity contribution in [2.45, 2.75) is 71.7 Å². The number of aromatic nitrogens is 1. The molecule has 1 saturated heterocycles. The van der Waals surface area contributed by atoms with E-state index >= 15 is 0 Å². The molecule has 0 aliphatic carbocycles. The molecule has 3 N–H and O–H groups in total. The van der Waals surface area contributed by atoms with Gasteiger partial charge in [0.05, 0.1) is 23.2 Å². The molecule has 0 saturated carbocycles. The molecule has 4 rings (SSSR count). The molecule has 0 spiro atoms. The fourth-order valence-corrected chi connectivity index (χ4v) is 5.12. The van der Waals surface area contributed by atoms with Crippen LogP contribution in [0.15, 0.2) is 36.4 Å². The highest BCUT2D eigenvalue weighted by Gasteiger charge is 2.37. The molecule has 42 heavy (non-hydrogen) atoms. The Bertz CT molecular complexity index is 1380. The molecule has 2 aliphatic rings. The Morgan fingerprint density at radius 2 is 1.86 bits per heavy atom. The van der Waals surface area contributed by atoms with Gasteiger partial charge in [-0.1, -0.05) is 44.2 Å². The lowest BCUT2D eigenvalue weighted by Gasteiger charge is -2.35. The number of methoxy groups -OCH3 is 1. The van der Waals surface area contributed by atoms with Gasteiger partial charge in [-0.3, -0.25) is 24.2 Å². The lowest BCUT2D eigenvalue weighted by atomic mass is 9.88. The maximum atomic E-state index is 13.6. The summed E-state index contributed by atoms with van der Waals surface area (Å²) in [5.41, 5.74) is 3.99. The Kier molecular flexibility index (Phi) is 9.63. The van der Waals surface area contributed by atoms with Crippen LogP contribution in [0.3, 0.4) is 0 Å². The Hall–Kier alpha value is -3.83. The van der Waals surface area contributed by atoms with E-state index in [1.165, 1.54) is 12.1 Å². The van der Waals surface area contributed by atoms with Gasteiger partial charge < -0.3 is 20.1 Å². The molecule has 5 bridgehead atoms. The summed E-state index contributed by atoms with van der Waals surface area (Å²) in [6, 6.07) is 6.98. The van der Waals surface area contributed by atoms with Crippen LogP contribution in [0.1, 0.15) is 64.8 Å². The van der Waals surface area contributed by atoms with E-state index in [0.29, 0.717) is 30.6 Å². The number of carbonyl (C=O) groups is 4. The third-order valence-electron chi connectivity index (χ3n) is 7.76. The largest absolute Gasteiger partial charge is 0.455 e. The Balaban J connectivity index is 1.74. The van der Waals surface area contributed by atoms with Crippen molar-refractivity contribution in [3.8, 4) is 0 Å². The van der Waals surface area contributed by atoms with Gasteiger partial charge in [-0.15, -0.1) is 0 Å². The number of nitrogens with one attached hydrogen (secondary N) is 3. The number of hydrogen-bond donors (Lipinski definition) is 3. The normalized spacial score (nSPS) is 28.0. The van der Waals surface area contributed by atoms with Crippen LogP contribution in [0.4, 0.5) is 0 Å². The summed E-state index contributed by atoms with van der Waals surface area (Å²) in [4.78, 5) is 58.0.